The van der Waals surface area contributed by atoms with Crippen LogP contribution in [-0.4, -0.2) is 7.11 Å². The molecule has 0 aliphatic carbocycles. The normalized spacial score (nSPS) is 10.2. The number of benzene rings is 2. The molecule has 0 bridgehead atoms. The Morgan fingerprint density at radius 1 is 1.00 bits per heavy atom. The molecule has 0 spiro atoms. The van der Waals surface area contributed by atoms with Crippen molar-refractivity contribution in [3.05, 3.63) is 65.2 Å². The second kappa shape index (κ2) is 5.75. The van der Waals surface area contributed by atoms with Crippen LogP contribution in [0.1, 0.15) is 16.7 Å². The molecule has 0 atom stereocenters. The molecular weight excluding hydrogens is 220 g/mol. The molecule has 0 aromatic heterocycles. The Morgan fingerprint density at radius 2 is 1.72 bits per heavy atom. The summed E-state index contributed by atoms with van der Waals surface area (Å²) in [6, 6.07) is 15.8. The number of hydrogen-bond donors (Lipinski definition) is 0. The van der Waals surface area contributed by atoms with Gasteiger partial charge in [0.05, 0.1) is 7.11 Å². The summed E-state index contributed by atoms with van der Waals surface area (Å²) in [6.07, 6.45) is 9.52. The lowest BCUT2D eigenvalue weighted by atomic mass is 10.1. The molecule has 2 rings (SSSR count). The van der Waals surface area contributed by atoms with Crippen LogP contribution in [0, 0.1) is 12.3 Å². The van der Waals surface area contributed by atoms with Gasteiger partial charge in [0.2, 0.25) is 0 Å². The molecule has 0 unspecified atom stereocenters. The van der Waals surface area contributed by atoms with Crippen LogP contribution in [0.15, 0.2) is 48.5 Å². The van der Waals surface area contributed by atoms with Gasteiger partial charge in [0.25, 0.3) is 0 Å². The first-order chi connectivity index (χ1) is 8.83. The van der Waals surface area contributed by atoms with E-state index in [1.54, 1.807) is 7.11 Å². The van der Waals surface area contributed by atoms with Crippen molar-refractivity contribution in [2.45, 2.75) is 0 Å². The van der Waals surface area contributed by atoms with Crippen LogP contribution in [0.4, 0.5) is 0 Å². The molecule has 18 heavy (non-hydrogen) atoms. The van der Waals surface area contributed by atoms with E-state index in [0.29, 0.717) is 0 Å². The summed E-state index contributed by atoms with van der Waals surface area (Å²) in [6.45, 7) is 0. The minimum atomic E-state index is 0.858. The predicted molar refractivity (Wildman–Crippen MR) is 76.3 cm³/mol. The second-order valence-corrected chi connectivity index (χ2v) is 3.84. The monoisotopic (exact) mass is 234 g/mol. The summed E-state index contributed by atoms with van der Waals surface area (Å²) in [5, 5.41) is 0. The lowest BCUT2D eigenvalue weighted by Crippen LogP contribution is -1.82. The quantitative estimate of drug-likeness (QED) is 0.579. The van der Waals surface area contributed by atoms with Gasteiger partial charge in [-0.2, -0.15) is 0 Å². The van der Waals surface area contributed by atoms with E-state index in [4.69, 9.17) is 11.2 Å². The zero-order chi connectivity index (χ0) is 12.8. The van der Waals surface area contributed by atoms with Crippen LogP contribution in [0.3, 0.4) is 0 Å². The molecule has 2 aromatic carbocycles. The molecule has 0 saturated heterocycles. The van der Waals surface area contributed by atoms with Crippen LogP contribution in [0.25, 0.3) is 12.2 Å². The average Bonchev–Trinajstić information content (AvgIpc) is 2.46. The van der Waals surface area contributed by atoms with E-state index in [9.17, 15) is 0 Å². The molecule has 0 aliphatic rings. The van der Waals surface area contributed by atoms with Gasteiger partial charge in [-0.3, -0.25) is 0 Å². The van der Waals surface area contributed by atoms with Crippen molar-refractivity contribution >= 4 is 12.2 Å². The SMILES string of the molecule is C#Cc1ccccc1/C=C/c1ccc(OC)cc1. The van der Waals surface area contributed by atoms with Crippen molar-refractivity contribution in [1.29, 1.82) is 0 Å². The number of rotatable bonds is 3. The van der Waals surface area contributed by atoms with Gasteiger partial charge in [-0.15, -0.1) is 6.42 Å². The van der Waals surface area contributed by atoms with Crippen LogP contribution in [0.2, 0.25) is 0 Å². The van der Waals surface area contributed by atoms with E-state index in [0.717, 1.165) is 22.4 Å². The zero-order valence-electron chi connectivity index (χ0n) is 10.3. The first kappa shape index (κ1) is 12.0. The van der Waals surface area contributed by atoms with Gasteiger partial charge >= 0.3 is 0 Å². The van der Waals surface area contributed by atoms with Crippen molar-refractivity contribution in [2.75, 3.05) is 7.11 Å². The van der Waals surface area contributed by atoms with Crippen molar-refractivity contribution in [2.24, 2.45) is 0 Å². The van der Waals surface area contributed by atoms with E-state index in [-0.39, 0.29) is 0 Å². The Labute approximate surface area is 108 Å². The van der Waals surface area contributed by atoms with Gasteiger partial charge in [0.15, 0.2) is 0 Å². The number of terminal acetylenes is 1. The highest BCUT2D eigenvalue weighted by Gasteiger charge is 1.94. The van der Waals surface area contributed by atoms with Crippen LogP contribution in [-0.2, 0) is 0 Å². The third-order valence-electron chi connectivity index (χ3n) is 2.69. The number of ether oxygens (including phenoxy) is 1. The molecule has 0 N–H and O–H groups in total. The third kappa shape index (κ3) is 2.81. The first-order valence-corrected chi connectivity index (χ1v) is 5.71. The van der Waals surface area contributed by atoms with E-state index in [1.165, 1.54) is 0 Å². The molecule has 0 amide bonds. The smallest absolute Gasteiger partial charge is 0.118 e. The molecule has 0 heterocycles. The lowest BCUT2D eigenvalue weighted by molar-refractivity contribution is 0.415. The maximum Gasteiger partial charge on any atom is 0.118 e. The van der Waals surface area contributed by atoms with E-state index in [1.807, 2.05) is 60.7 Å². The predicted octanol–water partition coefficient (Wildman–Crippen LogP) is 3.85. The Hall–Kier alpha value is -2.46. The fraction of sp³-hybridized carbons (Fsp3) is 0.0588. The summed E-state index contributed by atoms with van der Waals surface area (Å²) in [5.74, 6) is 3.54. The Morgan fingerprint density at radius 3 is 2.39 bits per heavy atom. The van der Waals surface area contributed by atoms with Crippen molar-refractivity contribution in [1.82, 2.24) is 0 Å². The minimum Gasteiger partial charge on any atom is -0.497 e. The highest BCUT2D eigenvalue weighted by atomic mass is 16.5. The topological polar surface area (TPSA) is 9.23 Å². The molecule has 0 fully saturated rings. The minimum absolute atomic E-state index is 0.858. The second-order valence-electron chi connectivity index (χ2n) is 3.84. The third-order valence-corrected chi connectivity index (χ3v) is 2.69. The van der Waals surface area contributed by atoms with Crippen LogP contribution >= 0.6 is 0 Å². The Bertz CT molecular complexity index is 586. The van der Waals surface area contributed by atoms with Crippen LogP contribution < -0.4 is 4.74 Å². The van der Waals surface area contributed by atoms with Gasteiger partial charge in [-0.1, -0.05) is 48.4 Å². The van der Waals surface area contributed by atoms with Gasteiger partial charge in [-0.05, 0) is 29.3 Å². The summed E-state index contributed by atoms with van der Waals surface area (Å²) < 4.78 is 5.12. The van der Waals surface area contributed by atoms with Crippen molar-refractivity contribution < 1.29 is 4.74 Å². The van der Waals surface area contributed by atoms with Gasteiger partial charge in [0.1, 0.15) is 5.75 Å². The standard InChI is InChI=1S/C17H14O/c1-3-15-6-4-5-7-16(15)11-8-14-9-12-17(18-2)13-10-14/h1,4-13H,2H3/b11-8+. The number of methoxy groups -OCH3 is 1. The fourth-order valence-corrected chi connectivity index (χ4v) is 1.67. The summed E-state index contributed by atoms with van der Waals surface area (Å²) in [7, 11) is 1.66. The molecule has 1 heteroatoms. The molecule has 0 radical (unpaired) electrons. The summed E-state index contributed by atoms with van der Waals surface area (Å²) in [4.78, 5) is 0. The maximum atomic E-state index is 5.46. The number of hydrogen-bond acceptors (Lipinski definition) is 1. The molecular formula is C17H14O. The highest BCUT2D eigenvalue weighted by Crippen LogP contribution is 2.15. The van der Waals surface area contributed by atoms with Crippen LogP contribution in [0.5, 0.6) is 5.75 Å². The van der Waals surface area contributed by atoms with Gasteiger partial charge < -0.3 is 4.74 Å². The Balaban J connectivity index is 2.22. The fourth-order valence-electron chi connectivity index (χ4n) is 1.67. The largest absolute Gasteiger partial charge is 0.497 e. The van der Waals surface area contributed by atoms with E-state index >= 15 is 0 Å². The highest BCUT2D eigenvalue weighted by molar-refractivity contribution is 5.72. The molecule has 0 aliphatic heterocycles. The molecule has 88 valence electrons. The Kier molecular flexibility index (Phi) is 3.83. The first-order valence-electron chi connectivity index (χ1n) is 5.71. The summed E-state index contributed by atoms with van der Waals surface area (Å²) >= 11 is 0. The molecule has 2 aromatic rings. The van der Waals surface area contributed by atoms with Crippen molar-refractivity contribution in [3.63, 3.8) is 0 Å². The van der Waals surface area contributed by atoms with Gasteiger partial charge in [-0.25, -0.2) is 0 Å². The average molecular weight is 234 g/mol. The maximum absolute atomic E-state index is 5.46. The lowest BCUT2D eigenvalue weighted by Gasteiger charge is -2.00. The van der Waals surface area contributed by atoms with Gasteiger partial charge in [0, 0.05) is 5.56 Å². The summed E-state index contributed by atoms with van der Waals surface area (Å²) in [5.41, 5.74) is 3.07. The zero-order valence-corrected chi connectivity index (χ0v) is 10.3. The van der Waals surface area contributed by atoms with E-state index in [2.05, 4.69) is 5.92 Å². The van der Waals surface area contributed by atoms with E-state index < -0.39 is 0 Å². The van der Waals surface area contributed by atoms with Crippen molar-refractivity contribution in [3.8, 4) is 18.1 Å². The molecule has 1 nitrogen and oxygen atoms in total. The molecule has 0 saturated carbocycles.